The molecule has 4 heteroatoms. The molecule has 0 aliphatic heterocycles. The summed E-state index contributed by atoms with van der Waals surface area (Å²) in [7, 11) is 0. The zero-order chi connectivity index (χ0) is 11.5. The van der Waals surface area contributed by atoms with E-state index < -0.39 is 0 Å². The summed E-state index contributed by atoms with van der Waals surface area (Å²) in [6, 6.07) is 9.31. The average Bonchev–Trinajstić information content (AvgIpc) is 2.72. The highest BCUT2D eigenvalue weighted by Crippen LogP contribution is 2.28. The van der Waals surface area contributed by atoms with Crippen LogP contribution in [0.3, 0.4) is 0 Å². The highest BCUT2D eigenvalue weighted by atomic mass is 32.1. The number of rotatable bonds is 2. The van der Waals surface area contributed by atoms with Crippen LogP contribution in [-0.4, -0.2) is 12.6 Å². The van der Waals surface area contributed by atoms with Crippen LogP contribution in [0.25, 0.3) is 10.1 Å². The molecule has 0 saturated carbocycles. The van der Waals surface area contributed by atoms with Gasteiger partial charge in [0.25, 0.3) is 0 Å². The van der Waals surface area contributed by atoms with Gasteiger partial charge in [-0.25, -0.2) is 4.79 Å². The van der Waals surface area contributed by atoms with E-state index in [9.17, 15) is 4.79 Å². The second-order valence-corrected chi connectivity index (χ2v) is 4.22. The highest BCUT2D eigenvalue weighted by Gasteiger charge is 2.12. The first kappa shape index (κ1) is 10.7. The number of thiophene rings is 1. The number of nitrogens with zero attached hydrogens (tertiary/aromatic N) is 1. The third-order valence-corrected chi connectivity index (χ3v) is 3.31. The Labute approximate surface area is 96.9 Å². The molecule has 1 heterocycles. The standard InChI is InChI=1S/C12H9NO2S/c1-2-15-12(14)10-6-8-4-3-5-9(7-13)11(8)16-10/h3-6H,2H2,1H3. The molecule has 1 aromatic heterocycles. The van der Waals surface area contributed by atoms with Crippen molar-refractivity contribution >= 4 is 27.4 Å². The van der Waals surface area contributed by atoms with Gasteiger partial charge in [-0.15, -0.1) is 11.3 Å². The predicted octanol–water partition coefficient (Wildman–Crippen LogP) is 2.95. The van der Waals surface area contributed by atoms with Gasteiger partial charge >= 0.3 is 5.97 Å². The lowest BCUT2D eigenvalue weighted by molar-refractivity contribution is 0.0532. The lowest BCUT2D eigenvalue weighted by Crippen LogP contribution is -2.01. The lowest BCUT2D eigenvalue weighted by atomic mass is 10.2. The van der Waals surface area contributed by atoms with Gasteiger partial charge in [0, 0.05) is 0 Å². The maximum Gasteiger partial charge on any atom is 0.348 e. The van der Waals surface area contributed by atoms with Crippen LogP contribution in [0.4, 0.5) is 0 Å². The molecule has 2 aromatic rings. The second-order valence-electron chi connectivity index (χ2n) is 3.17. The van der Waals surface area contributed by atoms with Crippen molar-refractivity contribution in [1.82, 2.24) is 0 Å². The molecule has 0 bridgehead atoms. The van der Waals surface area contributed by atoms with E-state index in [2.05, 4.69) is 6.07 Å². The number of benzene rings is 1. The minimum Gasteiger partial charge on any atom is -0.462 e. The monoisotopic (exact) mass is 231 g/mol. The number of carbonyl (C=O) groups is 1. The molecule has 0 radical (unpaired) electrons. The summed E-state index contributed by atoms with van der Waals surface area (Å²) in [4.78, 5) is 12.1. The first-order valence-corrected chi connectivity index (χ1v) is 5.67. The Morgan fingerprint density at radius 2 is 2.38 bits per heavy atom. The van der Waals surface area contributed by atoms with E-state index >= 15 is 0 Å². The van der Waals surface area contributed by atoms with Gasteiger partial charge in [0.05, 0.1) is 16.9 Å². The molecule has 0 fully saturated rings. The predicted molar refractivity (Wildman–Crippen MR) is 62.5 cm³/mol. The highest BCUT2D eigenvalue weighted by molar-refractivity contribution is 7.21. The zero-order valence-corrected chi connectivity index (χ0v) is 9.50. The quantitative estimate of drug-likeness (QED) is 0.746. The maximum atomic E-state index is 11.5. The van der Waals surface area contributed by atoms with Crippen molar-refractivity contribution in [3.05, 3.63) is 34.7 Å². The van der Waals surface area contributed by atoms with Crippen molar-refractivity contribution < 1.29 is 9.53 Å². The van der Waals surface area contributed by atoms with Crippen LogP contribution >= 0.6 is 11.3 Å². The number of ether oxygens (including phenoxy) is 1. The smallest absolute Gasteiger partial charge is 0.348 e. The van der Waals surface area contributed by atoms with Crippen LogP contribution < -0.4 is 0 Å². The second kappa shape index (κ2) is 4.33. The van der Waals surface area contributed by atoms with E-state index in [0.29, 0.717) is 17.0 Å². The Bertz CT molecular complexity index is 580. The molecule has 0 atom stereocenters. The fourth-order valence-corrected chi connectivity index (χ4v) is 2.47. The van der Waals surface area contributed by atoms with E-state index in [0.717, 1.165) is 10.1 Å². The first-order chi connectivity index (χ1) is 7.76. The minimum absolute atomic E-state index is 0.326. The fourth-order valence-electron chi connectivity index (χ4n) is 1.45. The van der Waals surface area contributed by atoms with Crippen LogP contribution in [0.5, 0.6) is 0 Å². The Morgan fingerprint density at radius 1 is 1.56 bits per heavy atom. The number of nitriles is 1. The van der Waals surface area contributed by atoms with Crippen molar-refractivity contribution in [1.29, 1.82) is 5.26 Å². The Balaban J connectivity index is 2.52. The maximum absolute atomic E-state index is 11.5. The minimum atomic E-state index is -0.326. The van der Waals surface area contributed by atoms with Crippen molar-refractivity contribution in [3.63, 3.8) is 0 Å². The largest absolute Gasteiger partial charge is 0.462 e. The van der Waals surface area contributed by atoms with Gasteiger partial charge in [0.15, 0.2) is 0 Å². The fraction of sp³-hybridized carbons (Fsp3) is 0.167. The van der Waals surface area contributed by atoms with Crippen LogP contribution in [0.2, 0.25) is 0 Å². The van der Waals surface area contributed by atoms with E-state index in [1.54, 1.807) is 19.1 Å². The molecular formula is C12H9NO2S. The summed E-state index contributed by atoms with van der Waals surface area (Å²) < 4.78 is 5.76. The van der Waals surface area contributed by atoms with Crippen molar-refractivity contribution in [2.45, 2.75) is 6.92 Å². The Hall–Kier alpha value is -1.86. The van der Waals surface area contributed by atoms with E-state index in [4.69, 9.17) is 10.00 Å². The topological polar surface area (TPSA) is 50.1 Å². The summed E-state index contributed by atoms with van der Waals surface area (Å²) >= 11 is 1.30. The zero-order valence-electron chi connectivity index (χ0n) is 8.69. The van der Waals surface area contributed by atoms with Crippen LogP contribution in [0, 0.1) is 11.3 Å². The molecule has 0 unspecified atom stereocenters. The molecule has 0 spiro atoms. The number of hydrogen-bond acceptors (Lipinski definition) is 4. The SMILES string of the molecule is CCOC(=O)c1cc2cccc(C#N)c2s1. The molecule has 0 aliphatic rings. The molecule has 2 rings (SSSR count). The summed E-state index contributed by atoms with van der Waals surface area (Å²) in [6.45, 7) is 2.13. The van der Waals surface area contributed by atoms with Crippen molar-refractivity contribution in [2.24, 2.45) is 0 Å². The number of hydrogen-bond donors (Lipinski definition) is 0. The van der Waals surface area contributed by atoms with E-state index in [1.807, 2.05) is 12.1 Å². The van der Waals surface area contributed by atoms with Crippen LogP contribution in [0.15, 0.2) is 24.3 Å². The van der Waals surface area contributed by atoms with Crippen molar-refractivity contribution in [2.75, 3.05) is 6.61 Å². The number of carbonyl (C=O) groups excluding carboxylic acids is 1. The third kappa shape index (κ3) is 1.77. The van der Waals surface area contributed by atoms with Gasteiger partial charge < -0.3 is 4.74 Å². The molecule has 80 valence electrons. The molecule has 16 heavy (non-hydrogen) atoms. The van der Waals surface area contributed by atoms with Gasteiger partial charge in [-0.3, -0.25) is 0 Å². The van der Waals surface area contributed by atoms with Gasteiger partial charge in [-0.1, -0.05) is 12.1 Å². The first-order valence-electron chi connectivity index (χ1n) is 4.86. The van der Waals surface area contributed by atoms with E-state index in [-0.39, 0.29) is 5.97 Å². The van der Waals surface area contributed by atoms with Crippen LogP contribution in [-0.2, 0) is 4.74 Å². The molecule has 3 nitrogen and oxygen atoms in total. The molecule has 0 amide bonds. The number of fused-ring (bicyclic) bond motifs is 1. The van der Waals surface area contributed by atoms with Gasteiger partial charge in [0.2, 0.25) is 0 Å². The molecular weight excluding hydrogens is 222 g/mol. The van der Waals surface area contributed by atoms with Crippen LogP contribution in [0.1, 0.15) is 22.2 Å². The number of esters is 1. The molecule has 1 aromatic carbocycles. The molecule has 0 aliphatic carbocycles. The molecule has 0 saturated heterocycles. The Morgan fingerprint density at radius 3 is 3.06 bits per heavy atom. The average molecular weight is 231 g/mol. The van der Waals surface area contributed by atoms with Gasteiger partial charge in [-0.2, -0.15) is 5.26 Å². The summed E-state index contributed by atoms with van der Waals surface area (Å²) in [5.74, 6) is -0.326. The normalized spacial score (nSPS) is 10.0. The van der Waals surface area contributed by atoms with Crippen molar-refractivity contribution in [3.8, 4) is 6.07 Å². The summed E-state index contributed by atoms with van der Waals surface area (Å²) in [5, 5.41) is 9.84. The lowest BCUT2D eigenvalue weighted by Gasteiger charge is -1.95. The summed E-state index contributed by atoms with van der Waals surface area (Å²) in [6.07, 6.45) is 0. The Kier molecular flexibility index (Phi) is 2.88. The van der Waals surface area contributed by atoms with Gasteiger partial charge in [0.1, 0.15) is 10.9 Å². The third-order valence-electron chi connectivity index (χ3n) is 2.14. The summed E-state index contributed by atoms with van der Waals surface area (Å²) in [5.41, 5.74) is 0.595. The van der Waals surface area contributed by atoms with Gasteiger partial charge in [-0.05, 0) is 24.4 Å². The molecule has 0 N–H and O–H groups in total. The van der Waals surface area contributed by atoms with E-state index in [1.165, 1.54) is 11.3 Å².